The summed E-state index contributed by atoms with van der Waals surface area (Å²) >= 11 is 3.29. The number of nitrogens with zero attached hydrogens (tertiary/aromatic N) is 2. The third-order valence-electron chi connectivity index (χ3n) is 3.50. The van der Waals surface area contributed by atoms with Crippen LogP contribution in [0.5, 0.6) is 0 Å². The number of hydrogen-bond acceptors (Lipinski definition) is 2. The Morgan fingerprint density at radius 2 is 1.94 bits per heavy atom. The molecule has 1 aromatic heterocycles. The first-order chi connectivity index (χ1) is 7.88. The van der Waals surface area contributed by atoms with Crippen LogP contribution in [0.4, 0.5) is 8.78 Å². The molecule has 1 fully saturated rings. The minimum atomic E-state index is -2.56. The van der Waals surface area contributed by atoms with E-state index in [9.17, 15) is 8.78 Å². The highest BCUT2D eigenvalue weighted by atomic mass is 79.9. The quantitative estimate of drug-likeness (QED) is 0.838. The van der Waals surface area contributed by atoms with E-state index in [0.717, 1.165) is 5.69 Å². The summed E-state index contributed by atoms with van der Waals surface area (Å²) in [5.41, 5.74) is 0.220. The molecule has 0 aromatic carbocycles. The highest BCUT2D eigenvalue weighted by Gasteiger charge is 2.46. The lowest BCUT2D eigenvalue weighted by Gasteiger charge is -2.38. The van der Waals surface area contributed by atoms with Gasteiger partial charge in [-0.05, 0) is 34.8 Å². The number of ether oxygens (including phenoxy) is 1. The molecule has 2 rings (SSSR count). The van der Waals surface area contributed by atoms with Gasteiger partial charge in [-0.25, -0.2) is 8.78 Å². The van der Waals surface area contributed by atoms with Crippen molar-refractivity contribution in [1.82, 2.24) is 9.78 Å². The zero-order valence-electron chi connectivity index (χ0n) is 9.84. The van der Waals surface area contributed by atoms with Crippen LogP contribution >= 0.6 is 15.9 Å². The van der Waals surface area contributed by atoms with Gasteiger partial charge in [0.2, 0.25) is 5.92 Å². The Balaban J connectivity index is 2.30. The molecule has 1 aliphatic rings. The smallest absolute Gasteiger partial charge is 0.248 e. The molecule has 0 unspecified atom stereocenters. The molecule has 6 heteroatoms. The van der Waals surface area contributed by atoms with Crippen LogP contribution in [0, 0.1) is 0 Å². The number of hydrogen-bond donors (Lipinski definition) is 0. The number of alkyl halides is 2. The largest absolute Gasteiger partial charge is 0.372 e. The van der Waals surface area contributed by atoms with Crippen LogP contribution in [0.15, 0.2) is 10.7 Å². The standard InChI is InChI=1S/C11H15BrF2N2O/c1-16-8(7-9(12)15-16)10(17-2)3-5-11(13,14)6-4-10/h7H,3-6H2,1-2H3. The van der Waals surface area contributed by atoms with Crippen LogP contribution in [-0.2, 0) is 17.4 Å². The van der Waals surface area contributed by atoms with Gasteiger partial charge in [0.1, 0.15) is 10.2 Å². The van der Waals surface area contributed by atoms with Crippen molar-refractivity contribution >= 4 is 15.9 Å². The highest BCUT2D eigenvalue weighted by Crippen LogP contribution is 2.46. The number of methoxy groups -OCH3 is 1. The minimum Gasteiger partial charge on any atom is -0.372 e. The maximum Gasteiger partial charge on any atom is 0.248 e. The Morgan fingerprint density at radius 1 is 1.35 bits per heavy atom. The van der Waals surface area contributed by atoms with Gasteiger partial charge < -0.3 is 4.74 Å². The summed E-state index contributed by atoms with van der Waals surface area (Å²) in [5, 5.41) is 4.18. The average molecular weight is 309 g/mol. The monoisotopic (exact) mass is 308 g/mol. The fourth-order valence-corrected chi connectivity index (χ4v) is 2.90. The lowest BCUT2D eigenvalue weighted by molar-refractivity contribution is -0.126. The highest BCUT2D eigenvalue weighted by molar-refractivity contribution is 9.10. The van der Waals surface area contributed by atoms with Crippen LogP contribution in [-0.4, -0.2) is 22.8 Å². The molecule has 0 spiro atoms. The zero-order chi connectivity index (χ0) is 12.7. The summed E-state index contributed by atoms with van der Waals surface area (Å²) < 4.78 is 34.4. The Kier molecular flexibility index (Phi) is 3.29. The minimum absolute atomic E-state index is 0.135. The third-order valence-corrected chi connectivity index (χ3v) is 3.88. The van der Waals surface area contributed by atoms with Crippen molar-refractivity contribution in [2.75, 3.05) is 7.11 Å². The van der Waals surface area contributed by atoms with Gasteiger partial charge in [0, 0.05) is 27.0 Å². The summed E-state index contributed by atoms with van der Waals surface area (Å²) in [6.45, 7) is 0. The van der Waals surface area contributed by atoms with Crippen molar-refractivity contribution < 1.29 is 13.5 Å². The van der Waals surface area contributed by atoms with Crippen molar-refractivity contribution in [3.05, 3.63) is 16.4 Å². The number of aromatic nitrogens is 2. The summed E-state index contributed by atoms with van der Waals surface area (Å²) in [6, 6.07) is 1.84. The van der Waals surface area contributed by atoms with E-state index < -0.39 is 11.5 Å². The molecular weight excluding hydrogens is 294 g/mol. The van der Waals surface area contributed by atoms with Gasteiger partial charge in [-0.15, -0.1) is 0 Å². The van der Waals surface area contributed by atoms with Crippen LogP contribution in [0.25, 0.3) is 0 Å². The number of aryl methyl sites for hydroxylation is 1. The van der Waals surface area contributed by atoms with Gasteiger partial charge in [-0.1, -0.05) is 0 Å². The molecule has 0 N–H and O–H groups in total. The van der Waals surface area contributed by atoms with Gasteiger partial charge >= 0.3 is 0 Å². The molecule has 1 aliphatic carbocycles. The molecule has 1 heterocycles. The van der Waals surface area contributed by atoms with E-state index >= 15 is 0 Å². The fourth-order valence-electron chi connectivity index (χ4n) is 2.44. The normalized spacial score (nSPS) is 22.6. The van der Waals surface area contributed by atoms with Gasteiger partial charge in [-0.3, -0.25) is 4.68 Å². The van der Waals surface area contributed by atoms with Crippen LogP contribution in [0.3, 0.4) is 0 Å². The van der Waals surface area contributed by atoms with Crippen LogP contribution < -0.4 is 0 Å². The molecule has 1 saturated carbocycles. The molecule has 17 heavy (non-hydrogen) atoms. The molecule has 0 atom stereocenters. The van der Waals surface area contributed by atoms with E-state index in [0.29, 0.717) is 17.4 Å². The van der Waals surface area contributed by atoms with Crippen molar-refractivity contribution in [1.29, 1.82) is 0 Å². The molecule has 0 amide bonds. The van der Waals surface area contributed by atoms with Gasteiger partial charge in [0.25, 0.3) is 0 Å². The number of rotatable bonds is 2. The summed E-state index contributed by atoms with van der Waals surface area (Å²) in [7, 11) is 3.37. The second-order valence-electron chi connectivity index (χ2n) is 4.53. The number of halogens is 3. The second kappa shape index (κ2) is 4.31. The van der Waals surface area contributed by atoms with E-state index in [1.165, 1.54) is 0 Å². The molecule has 0 saturated heterocycles. The van der Waals surface area contributed by atoms with Gasteiger partial charge in [-0.2, -0.15) is 5.10 Å². The van der Waals surface area contributed by atoms with E-state index in [1.54, 1.807) is 18.8 Å². The van der Waals surface area contributed by atoms with Crippen molar-refractivity contribution in [3.63, 3.8) is 0 Å². The Morgan fingerprint density at radius 3 is 2.35 bits per heavy atom. The first-order valence-corrected chi connectivity index (χ1v) is 6.31. The summed E-state index contributed by atoms with van der Waals surface area (Å²) in [5.74, 6) is -2.56. The molecular formula is C11H15BrF2N2O. The fraction of sp³-hybridized carbons (Fsp3) is 0.727. The Hall–Kier alpha value is -0.490. The molecule has 96 valence electrons. The summed E-state index contributed by atoms with van der Waals surface area (Å²) in [4.78, 5) is 0. The predicted molar refractivity (Wildman–Crippen MR) is 63.0 cm³/mol. The maximum atomic E-state index is 13.2. The van der Waals surface area contributed by atoms with Crippen LogP contribution in [0.1, 0.15) is 31.4 Å². The molecule has 1 aromatic rings. The first kappa shape index (κ1) is 13.0. The third kappa shape index (κ3) is 2.38. The van der Waals surface area contributed by atoms with Crippen LogP contribution in [0.2, 0.25) is 0 Å². The van der Waals surface area contributed by atoms with E-state index in [2.05, 4.69) is 21.0 Å². The van der Waals surface area contributed by atoms with Crippen molar-refractivity contribution in [2.45, 2.75) is 37.2 Å². The molecule has 0 radical (unpaired) electrons. The van der Waals surface area contributed by atoms with Gasteiger partial charge in [0.05, 0.1) is 5.69 Å². The molecule has 0 bridgehead atoms. The Labute approximate surface area is 107 Å². The van der Waals surface area contributed by atoms with E-state index in [4.69, 9.17) is 4.74 Å². The molecule has 0 aliphatic heterocycles. The lowest BCUT2D eigenvalue weighted by Crippen LogP contribution is -2.39. The van der Waals surface area contributed by atoms with E-state index in [-0.39, 0.29) is 12.8 Å². The van der Waals surface area contributed by atoms with Crippen molar-refractivity contribution in [2.24, 2.45) is 7.05 Å². The van der Waals surface area contributed by atoms with Crippen molar-refractivity contribution in [3.8, 4) is 0 Å². The lowest BCUT2D eigenvalue weighted by atomic mass is 9.80. The first-order valence-electron chi connectivity index (χ1n) is 5.52. The molecule has 3 nitrogen and oxygen atoms in total. The average Bonchev–Trinajstić information content (AvgIpc) is 2.60. The maximum absolute atomic E-state index is 13.2. The summed E-state index contributed by atoms with van der Waals surface area (Å²) in [6.07, 6.45) is 0.373. The predicted octanol–water partition coefficient (Wildman–Crippen LogP) is 3.23. The Bertz CT molecular complexity index is 410. The van der Waals surface area contributed by atoms with E-state index in [1.807, 2.05) is 6.07 Å². The van der Waals surface area contributed by atoms with Gasteiger partial charge in [0.15, 0.2) is 0 Å². The topological polar surface area (TPSA) is 27.1 Å². The zero-order valence-corrected chi connectivity index (χ0v) is 11.4. The SMILES string of the molecule is COC1(c2cc(Br)nn2C)CCC(F)(F)CC1. The second-order valence-corrected chi connectivity index (χ2v) is 5.34.